The Hall–Kier alpha value is -4.72. The van der Waals surface area contributed by atoms with E-state index in [1.54, 1.807) is 48.5 Å². The summed E-state index contributed by atoms with van der Waals surface area (Å²) in [4.78, 5) is 50.6. The normalized spacial score (nSPS) is 14.6. The predicted molar refractivity (Wildman–Crippen MR) is 132 cm³/mol. The van der Waals surface area contributed by atoms with Gasteiger partial charge in [-0.2, -0.15) is 0 Å². The van der Waals surface area contributed by atoms with Crippen molar-refractivity contribution in [3.8, 4) is 5.75 Å². The minimum Gasteiger partial charge on any atom is -0.484 e. The van der Waals surface area contributed by atoms with E-state index in [0.717, 1.165) is 16.0 Å². The van der Waals surface area contributed by atoms with Crippen LogP contribution in [0.1, 0.15) is 16.7 Å². The molecule has 5 amide bonds. The molecule has 0 atom stereocenters. The number of amides is 5. The molecule has 1 fully saturated rings. The minimum absolute atomic E-state index is 0.170. The number of nitrogens with zero attached hydrogens (tertiary/aromatic N) is 1. The van der Waals surface area contributed by atoms with Crippen LogP contribution in [0.15, 0.2) is 78.4 Å². The van der Waals surface area contributed by atoms with E-state index in [1.165, 1.54) is 6.08 Å². The van der Waals surface area contributed by atoms with Crippen molar-refractivity contribution in [2.24, 2.45) is 0 Å². The predicted octanol–water partition coefficient (Wildman–Crippen LogP) is 3.99. The van der Waals surface area contributed by atoms with Gasteiger partial charge in [0.05, 0.1) is 5.69 Å². The van der Waals surface area contributed by atoms with Crippen molar-refractivity contribution in [1.82, 2.24) is 5.32 Å². The van der Waals surface area contributed by atoms with Gasteiger partial charge in [-0.05, 0) is 61.9 Å². The van der Waals surface area contributed by atoms with E-state index in [4.69, 9.17) is 4.74 Å². The summed E-state index contributed by atoms with van der Waals surface area (Å²) in [5.41, 5.74) is 3.50. The van der Waals surface area contributed by atoms with E-state index < -0.39 is 17.8 Å². The molecule has 1 aliphatic rings. The van der Waals surface area contributed by atoms with Gasteiger partial charge in [0.2, 0.25) is 0 Å². The molecule has 8 nitrogen and oxygen atoms in total. The monoisotopic (exact) mass is 469 g/mol. The molecule has 1 saturated heterocycles. The van der Waals surface area contributed by atoms with Crippen molar-refractivity contribution in [3.63, 3.8) is 0 Å². The SMILES string of the molecule is Cc1ccc(NC(=O)COc2ccc(/C=C3\C(=O)NC(=O)N(c4ccc(C)cc4)C3=O)cc2)cc1. The van der Waals surface area contributed by atoms with Crippen molar-refractivity contribution >= 4 is 41.2 Å². The Morgan fingerprint density at radius 3 is 2.11 bits per heavy atom. The van der Waals surface area contributed by atoms with Gasteiger partial charge in [0.1, 0.15) is 11.3 Å². The fourth-order valence-electron chi connectivity index (χ4n) is 3.40. The smallest absolute Gasteiger partial charge is 0.335 e. The quantitative estimate of drug-likeness (QED) is 0.420. The molecule has 0 saturated carbocycles. The fourth-order valence-corrected chi connectivity index (χ4v) is 3.40. The van der Waals surface area contributed by atoms with Gasteiger partial charge in [0, 0.05) is 5.69 Å². The highest BCUT2D eigenvalue weighted by Gasteiger charge is 2.36. The van der Waals surface area contributed by atoms with Crippen LogP contribution in [0.3, 0.4) is 0 Å². The highest BCUT2D eigenvalue weighted by molar-refractivity contribution is 6.39. The van der Waals surface area contributed by atoms with Crippen LogP contribution in [-0.2, 0) is 14.4 Å². The lowest BCUT2D eigenvalue weighted by Crippen LogP contribution is -2.54. The molecule has 35 heavy (non-hydrogen) atoms. The van der Waals surface area contributed by atoms with Crippen LogP contribution >= 0.6 is 0 Å². The Morgan fingerprint density at radius 2 is 1.49 bits per heavy atom. The summed E-state index contributed by atoms with van der Waals surface area (Å²) < 4.78 is 5.52. The van der Waals surface area contributed by atoms with Gasteiger partial charge >= 0.3 is 6.03 Å². The molecule has 4 rings (SSSR count). The highest BCUT2D eigenvalue weighted by atomic mass is 16.5. The third-order valence-corrected chi connectivity index (χ3v) is 5.29. The number of benzene rings is 3. The number of anilines is 2. The summed E-state index contributed by atoms with van der Waals surface area (Å²) in [6.45, 7) is 3.67. The van der Waals surface area contributed by atoms with E-state index >= 15 is 0 Å². The van der Waals surface area contributed by atoms with Crippen LogP contribution in [0.4, 0.5) is 16.2 Å². The number of rotatable bonds is 6. The molecule has 0 aliphatic carbocycles. The molecule has 0 unspecified atom stereocenters. The van der Waals surface area contributed by atoms with E-state index in [1.807, 2.05) is 38.1 Å². The zero-order chi connectivity index (χ0) is 24.9. The lowest BCUT2D eigenvalue weighted by molar-refractivity contribution is -0.122. The highest BCUT2D eigenvalue weighted by Crippen LogP contribution is 2.23. The molecule has 0 bridgehead atoms. The second kappa shape index (κ2) is 10.0. The maximum absolute atomic E-state index is 13.0. The first-order valence-electron chi connectivity index (χ1n) is 10.9. The van der Waals surface area contributed by atoms with Gasteiger partial charge in [0.15, 0.2) is 6.61 Å². The standard InChI is InChI=1S/C27H23N3O5/c1-17-3-9-20(10-4-17)28-24(31)16-35-22-13-7-19(8-14-22)15-23-25(32)29-27(34)30(26(23)33)21-11-5-18(2)6-12-21/h3-15H,16H2,1-2H3,(H,28,31)(H,29,32,34)/b23-15+. The molecule has 0 spiro atoms. The number of aryl methyl sites for hydroxylation is 2. The molecule has 2 N–H and O–H groups in total. The third kappa shape index (κ3) is 5.62. The number of barbiturate groups is 1. The molecule has 0 aromatic heterocycles. The molecular formula is C27H23N3O5. The van der Waals surface area contributed by atoms with Crippen LogP contribution in [0.2, 0.25) is 0 Å². The Balaban J connectivity index is 1.42. The van der Waals surface area contributed by atoms with E-state index in [0.29, 0.717) is 22.7 Å². The molecule has 1 heterocycles. The number of carbonyl (C=O) groups excluding carboxylic acids is 4. The van der Waals surface area contributed by atoms with Crippen molar-refractivity contribution in [2.45, 2.75) is 13.8 Å². The number of ether oxygens (including phenoxy) is 1. The number of hydrogen-bond acceptors (Lipinski definition) is 5. The topological polar surface area (TPSA) is 105 Å². The summed E-state index contributed by atoms with van der Waals surface area (Å²) in [5, 5.41) is 4.95. The van der Waals surface area contributed by atoms with Gasteiger partial charge in [-0.3, -0.25) is 19.7 Å². The summed E-state index contributed by atoms with van der Waals surface area (Å²) in [7, 11) is 0. The van der Waals surface area contributed by atoms with Crippen molar-refractivity contribution in [1.29, 1.82) is 0 Å². The van der Waals surface area contributed by atoms with E-state index in [-0.39, 0.29) is 18.1 Å². The van der Waals surface area contributed by atoms with Crippen molar-refractivity contribution in [2.75, 3.05) is 16.8 Å². The van der Waals surface area contributed by atoms with E-state index in [2.05, 4.69) is 10.6 Å². The van der Waals surface area contributed by atoms with E-state index in [9.17, 15) is 19.2 Å². The molecule has 176 valence electrons. The number of urea groups is 1. The fraction of sp³-hybridized carbons (Fsp3) is 0.111. The van der Waals surface area contributed by atoms with Gasteiger partial charge < -0.3 is 10.1 Å². The van der Waals surface area contributed by atoms with Gasteiger partial charge in [-0.25, -0.2) is 9.69 Å². The number of carbonyl (C=O) groups is 4. The minimum atomic E-state index is -0.798. The van der Waals surface area contributed by atoms with Gasteiger partial charge in [-0.1, -0.05) is 47.5 Å². The molecular weight excluding hydrogens is 446 g/mol. The average molecular weight is 469 g/mol. The lowest BCUT2D eigenvalue weighted by Gasteiger charge is -2.26. The molecule has 3 aromatic carbocycles. The maximum Gasteiger partial charge on any atom is 0.335 e. The van der Waals surface area contributed by atoms with Gasteiger partial charge in [0.25, 0.3) is 17.7 Å². The molecule has 8 heteroatoms. The number of nitrogens with one attached hydrogen (secondary N) is 2. The van der Waals surface area contributed by atoms with Crippen LogP contribution in [0, 0.1) is 13.8 Å². The summed E-state index contributed by atoms with van der Waals surface area (Å²) in [6.07, 6.45) is 1.40. The maximum atomic E-state index is 13.0. The van der Waals surface area contributed by atoms with Gasteiger partial charge in [-0.15, -0.1) is 0 Å². The average Bonchev–Trinajstić information content (AvgIpc) is 2.84. The van der Waals surface area contributed by atoms with Crippen LogP contribution in [0.25, 0.3) is 6.08 Å². The second-order valence-electron chi connectivity index (χ2n) is 8.07. The summed E-state index contributed by atoms with van der Waals surface area (Å²) >= 11 is 0. The van der Waals surface area contributed by atoms with Crippen LogP contribution < -0.4 is 20.3 Å². The van der Waals surface area contributed by atoms with Crippen molar-refractivity contribution in [3.05, 3.63) is 95.1 Å². The first kappa shape index (κ1) is 23.4. The van der Waals surface area contributed by atoms with Crippen LogP contribution in [0.5, 0.6) is 5.75 Å². The summed E-state index contributed by atoms with van der Waals surface area (Å²) in [5.74, 6) is -1.33. The Bertz CT molecular complexity index is 1310. The van der Waals surface area contributed by atoms with Crippen molar-refractivity contribution < 1.29 is 23.9 Å². The molecule has 0 radical (unpaired) electrons. The summed E-state index contributed by atoms with van der Waals surface area (Å²) in [6, 6.07) is 20.0. The Morgan fingerprint density at radius 1 is 0.886 bits per heavy atom. The number of imide groups is 2. The largest absolute Gasteiger partial charge is 0.484 e. The Kier molecular flexibility index (Phi) is 6.73. The number of hydrogen-bond donors (Lipinski definition) is 2. The third-order valence-electron chi connectivity index (χ3n) is 5.29. The molecule has 3 aromatic rings. The Labute approximate surface area is 202 Å². The van der Waals surface area contributed by atoms with Crippen LogP contribution in [-0.4, -0.2) is 30.4 Å². The lowest BCUT2D eigenvalue weighted by atomic mass is 10.1. The molecule has 1 aliphatic heterocycles. The zero-order valence-corrected chi connectivity index (χ0v) is 19.2. The second-order valence-corrected chi connectivity index (χ2v) is 8.07. The first-order valence-corrected chi connectivity index (χ1v) is 10.9. The first-order chi connectivity index (χ1) is 16.8. The zero-order valence-electron chi connectivity index (χ0n) is 19.2.